The molecule has 0 N–H and O–H groups in total. The predicted octanol–water partition coefficient (Wildman–Crippen LogP) is 3.48. The summed E-state index contributed by atoms with van der Waals surface area (Å²) in [5.74, 6) is 0. The molecule has 0 bridgehead atoms. The maximum atomic E-state index is 2.36. The van der Waals surface area contributed by atoms with Gasteiger partial charge in [-0.3, -0.25) is 0 Å². The molecule has 0 aliphatic rings. The Hall–Kier alpha value is -0.820. The Bertz CT molecular complexity index is 320. The van der Waals surface area contributed by atoms with E-state index in [1.54, 1.807) is 0 Å². The number of hydrogen-bond acceptors (Lipinski definition) is 1. The summed E-state index contributed by atoms with van der Waals surface area (Å²) in [7, 11) is 4.26. The first-order chi connectivity index (χ1) is 7.39. The minimum Gasteiger partial charge on any atom is -0.309 e. The van der Waals surface area contributed by atoms with Crippen LogP contribution < -0.4 is 0 Å². The Kier molecular flexibility index (Phi) is 4.55. The molecule has 0 amide bonds. The quantitative estimate of drug-likeness (QED) is 0.749. The SMILES string of the molecule is CN(C)CCCc1cccc(C(C)(C)C)c1. The van der Waals surface area contributed by atoms with Gasteiger partial charge in [-0.1, -0.05) is 45.0 Å². The van der Waals surface area contributed by atoms with Crippen molar-refractivity contribution in [1.82, 2.24) is 4.90 Å². The Labute approximate surface area is 100 Å². The third kappa shape index (κ3) is 4.36. The van der Waals surface area contributed by atoms with Crippen molar-refractivity contribution in [3.63, 3.8) is 0 Å². The van der Waals surface area contributed by atoms with Crippen molar-refractivity contribution >= 4 is 0 Å². The van der Waals surface area contributed by atoms with Gasteiger partial charge in [0.05, 0.1) is 0 Å². The molecule has 0 aliphatic carbocycles. The Morgan fingerprint density at radius 3 is 2.38 bits per heavy atom. The van der Waals surface area contributed by atoms with Crippen LogP contribution in [0.1, 0.15) is 38.3 Å². The highest BCUT2D eigenvalue weighted by Gasteiger charge is 2.13. The van der Waals surface area contributed by atoms with Crippen LogP contribution in [0.5, 0.6) is 0 Å². The van der Waals surface area contributed by atoms with Crippen LogP contribution in [0.4, 0.5) is 0 Å². The number of benzene rings is 1. The van der Waals surface area contributed by atoms with Crippen LogP contribution in [0.25, 0.3) is 0 Å². The third-order valence-corrected chi connectivity index (χ3v) is 2.86. The van der Waals surface area contributed by atoms with E-state index in [9.17, 15) is 0 Å². The van der Waals surface area contributed by atoms with Crippen molar-refractivity contribution < 1.29 is 0 Å². The molecule has 1 nitrogen and oxygen atoms in total. The van der Waals surface area contributed by atoms with Crippen molar-refractivity contribution in [2.75, 3.05) is 20.6 Å². The molecule has 0 unspecified atom stereocenters. The molecule has 0 aliphatic heterocycles. The van der Waals surface area contributed by atoms with Gasteiger partial charge < -0.3 is 4.90 Å². The first-order valence-electron chi connectivity index (χ1n) is 6.14. The summed E-state index contributed by atoms with van der Waals surface area (Å²) >= 11 is 0. The van der Waals surface area contributed by atoms with Crippen molar-refractivity contribution in [1.29, 1.82) is 0 Å². The summed E-state index contributed by atoms with van der Waals surface area (Å²) in [5.41, 5.74) is 3.17. The van der Waals surface area contributed by atoms with E-state index >= 15 is 0 Å². The van der Waals surface area contributed by atoms with Crippen LogP contribution in [-0.4, -0.2) is 25.5 Å². The Morgan fingerprint density at radius 1 is 1.12 bits per heavy atom. The van der Waals surface area contributed by atoms with E-state index in [1.165, 1.54) is 30.5 Å². The number of rotatable bonds is 4. The lowest BCUT2D eigenvalue weighted by atomic mass is 9.86. The monoisotopic (exact) mass is 219 g/mol. The van der Waals surface area contributed by atoms with E-state index in [1.807, 2.05) is 0 Å². The van der Waals surface area contributed by atoms with E-state index in [0.29, 0.717) is 0 Å². The molecule has 90 valence electrons. The number of hydrogen-bond donors (Lipinski definition) is 0. The first-order valence-corrected chi connectivity index (χ1v) is 6.14. The molecule has 0 spiro atoms. The minimum absolute atomic E-state index is 0.261. The highest BCUT2D eigenvalue weighted by atomic mass is 15.0. The highest BCUT2D eigenvalue weighted by Crippen LogP contribution is 2.23. The van der Waals surface area contributed by atoms with Gasteiger partial charge in [0, 0.05) is 0 Å². The molecule has 0 fully saturated rings. The lowest BCUT2D eigenvalue weighted by molar-refractivity contribution is 0.400. The summed E-state index contributed by atoms with van der Waals surface area (Å²) in [6.45, 7) is 7.98. The minimum atomic E-state index is 0.261. The van der Waals surface area contributed by atoms with E-state index in [2.05, 4.69) is 64.0 Å². The molecule has 0 saturated heterocycles. The molecule has 0 radical (unpaired) electrons. The highest BCUT2D eigenvalue weighted by molar-refractivity contribution is 5.28. The molecule has 0 atom stereocenters. The van der Waals surface area contributed by atoms with Gasteiger partial charge in [0.15, 0.2) is 0 Å². The molecule has 0 heterocycles. The van der Waals surface area contributed by atoms with Crippen LogP contribution in [0.2, 0.25) is 0 Å². The van der Waals surface area contributed by atoms with E-state index < -0.39 is 0 Å². The summed E-state index contributed by atoms with van der Waals surface area (Å²) in [4.78, 5) is 2.24. The lowest BCUT2D eigenvalue weighted by Gasteiger charge is -2.20. The maximum absolute atomic E-state index is 2.36. The van der Waals surface area contributed by atoms with Crippen LogP contribution >= 0.6 is 0 Å². The maximum Gasteiger partial charge on any atom is -0.00217 e. The fraction of sp³-hybridized carbons (Fsp3) is 0.600. The molecule has 1 aromatic rings. The number of aryl methyl sites for hydroxylation is 1. The van der Waals surface area contributed by atoms with Gasteiger partial charge in [-0.15, -0.1) is 0 Å². The van der Waals surface area contributed by atoms with Crippen molar-refractivity contribution in [3.8, 4) is 0 Å². The van der Waals surface area contributed by atoms with Gasteiger partial charge in [0.2, 0.25) is 0 Å². The fourth-order valence-corrected chi connectivity index (χ4v) is 1.79. The Morgan fingerprint density at radius 2 is 1.81 bits per heavy atom. The molecular weight excluding hydrogens is 194 g/mol. The standard InChI is InChI=1S/C15H25N/c1-15(2,3)14-10-6-8-13(12-14)9-7-11-16(4)5/h6,8,10,12H,7,9,11H2,1-5H3. The average Bonchev–Trinajstić information content (AvgIpc) is 2.16. The fourth-order valence-electron chi connectivity index (χ4n) is 1.79. The first kappa shape index (κ1) is 13.2. The van der Waals surface area contributed by atoms with Gasteiger partial charge in [0.25, 0.3) is 0 Å². The molecular formula is C15H25N. The summed E-state index contributed by atoms with van der Waals surface area (Å²) in [6, 6.07) is 9.02. The summed E-state index contributed by atoms with van der Waals surface area (Å²) in [6.07, 6.45) is 2.42. The molecule has 1 rings (SSSR count). The second-order valence-corrected chi connectivity index (χ2v) is 5.86. The molecule has 1 aromatic carbocycles. The van der Waals surface area contributed by atoms with Crippen LogP contribution in [0, 0.1) is 0 Å². The van der Waals surface area contributed by atoms with Crippen LogP contribution in [-0.2, 0) is 11.8 Å². The van der Waals surface area contributed by atoms with E-state index in [-0.39, 0.29) is 5.41 Å². The van der Waals surface area contributed by atoms with E-state index in [0.717, 1.165) is 0 Å². The molecule has 0 saturated carbocycles. The second-order valence-electron chi connectivity index (χ2n) is 5.86. The van der Waals surface area contributed by atoms with Gasteiger partial charge in [-0.05, 0) is 50.0 Å². The molecule has 1 heteroatoms. The third-order valence-electron chi connectivity index (χ3n) is 2.86. The lowest BCUT2D eigenvalue weighted by Crippen LogP contribution is -2.14. The van der Waals surface area contributed by atoms with Crippen LogP contribution in [0.3, 0.4) is 0 Å². The number of nitrogens with zero attached hydrogens (tertiary/aromatic N) is 1. The topological polar surface area (TPSA) is 3.24 Å². The summed E-state index contributed by atoms with van der Waals surface area (Å²) in [5, 5.41) is 0. The van der Waals surface area contributed by atoms with Crippen molar-refractivity contribution in [2.45, 2.75) is 39.0 Å². The van der Waals surface area contributed by atoms with Gasteiger partial charge in [-0.25, -0.2) is 0 Å². The predicted molar refractivity (Wildman–Crippen MR) is 72.0 cm³/mol. The normalized spacial score (nSPS) is 12.1. The van der Waals surface area contributed by atoms with Crippen LogP contribution in [0.15, 0.2) is 24.3 Å². The smallest absolute Gasteiger partial charge is 0.00217 e. The Balaban J connectivity index is 2.61. The molecule has 16 heavy (non-hydrogen) atoms. The second kappa shape index (κ2) is 5.49. The van der Waals surface area contributed by atoms with Gasteiger partial charge >= 0.3 is 0 Å². The van der Waals surface area contributed by atoms with Gasteiger partial charge in [-0.2, -0.15) is 0 Å². The zero-order valence-electron chi connectivity index (χ0n) is 11.4. The van der Waals surface area contributed by atoms with Gasteiger partial charge in [0.1, 0.15) is 0 Å². The zero-order chi connectivity index (χ0) is 12.2. The zero-order valence-corrected chi connectivity index (χ0v) is 11.4. The summed E-state index contributed by atoms with van der Waals surface area (Å²) < 4.78 is 0. The van der Waals surface area contributed by atoms with E-state index in [4.69, 9.17) is 0 Å². The van der Waals surface area contributed by atoms with Crippen molar-refractivity contribution in [3.05, 3.63) is 35.4 Å². The molecule has 0 aromatic heterocycles. The largest absolute Gasteiger partial charge is 0.309 e. The van der Waals surface area contributed by atoms with Crippen molar-refractivity contribution in [2.24, 2.45) is 0 Å². The average molecular weight is 219 g/mol.